The van der Waals surface area contributed by atoms with E-state index in [4.69, 9.17) is 0 Å². The third-order valence-corrected chi connectivity index (χ3v) is 3.20. The highest BCUT2D eigenvalue weighted by atomic mass is 32.1. The van der Waals surface area contributed by atoms with Crippen LogP contribution in [-0.2, 0) is 0 Å². The molecule has 0 aliphatic heterocycles. The summed E-state index contributed by atoms with van der Waals surface area (Å²) >= 11 is 1.36. The molecule has 2 rings (SSSR count). The Bertz CT molecular complexity index is 576. The molecule has 1 aromatic heterocycles. The molecule has 2 aromatic rings. The van der Waals surface area contributed by atoms with Crippen molar-refractivity contribution in [3.8, 4) is 5.75 Å². The number of amides is 1. The van der Waals surface area contributed by atoms with Crippen LogP contribution >= 0.6 is 11.3 Å². The minimum atomic E-state index is -0.232. The number of benzene rings is 1. The number of hydrogen-bond acceptors (Lipinski definition) is 4. The fourth-order valence-electron chi connectivity index (χ4n) is 1.39. The summed E-state index contributed by atoms with van der Waals surface area (Å²) in [6.07, 6.45) is 0. The van der Waals surface area contributed by atoms with E-state index in [0.717, 1.165) is 5.56 Å². The Labute approximate surface area is 109 Å². The maximum Gasteiger partial charge on any atom is 0.281 e. The molecule has 0 fully saturated rings. The molecule has 0 spiro atoms. The van der Waals surface area contributed by atoms with E-state index in [2.05, 4.69) is 10.5 Å². The van der Waals surface area contributed by atoms with Crippen LogP contribution < -0.4 is 5.43 Å². The second-order valence-corrected chi connectivity index (χ2v) is 4.61. The molecule has 92 valence electrons. The predicted molar refractivity (Wildman–Crippen MR) is 72.1 cm³/mol. The van der Waals surface area contributed by atoms with E-state index in [1.54, 1.807) is 31.2 Å². The molecule has 1 aromatic carbocycles. The van der Waals surface area contributed by atoms with Gasteiger partial charge in [0.25, 0.3) is 5.91 Å². The van der Waals surface area contributed by atoms with Crippen LogP contribution in [0.5, 0.6) is 5.75 Å². The molecule has 1 heterocycles. The molecule has 0 atom stereocenters. The standard InChI is InChI=1S/C13H12N2O2S/c1-9(10-4-2-5-11(16)8-10)14-15-13(17)12-6-3-7-18-12/h2-8,16H,1H3,(H,15,17)/b14-9+. The molecule has 18 heavy (non-hydrogen) atoms. The number of nitrogens with one attached hydrogen (secondary N) is 1. The van der Waals surface area contributed by atoms with Crippen molar-refractivity contribution in [2.24, 2.45) is 5.10 Å². The summed E-state index contributed by atoms with van der Waals surface area (Å²) in [5, 5.41) is 15.2. The molecule has 5 heteroatoms. The van der Waals surface area contributed by atoms with Crippen LogP contribution in [0.15, 0.2) is 46.9 Å². The smallest absolute Gasteiger partial charge is 0.281 e. The molecule has 0 aliphatic rings. The first-order valence-corrected chi connectivity index (χ1v) is 6.22. The number of phenolic OH excluding ortho intramolecular Hbond substituents is 1. The number of hydrogen-bond donors (Lipinski definition) is 2. The predicted octanol–water partition coefficient (Wildman–Crippen LogP) is 2.61. The Kier molecular flexibility index (Phi) is 3.74. The number of rotatable bonds is 3. The monoisotopic (exact) mass is 260 g/mol. The van der Waals surface area contributed by atoms with Crippen molar-refractivity contribution in [1.29, 1.82) is 0 Å². The zero-order valence-electron chi connectivity index (χ0n) is 9.75. The minimum Gasteiger partial charge on any atom is -0.508 e. The Hall–Kier alpha value is -2.14. The van der Waals surface area contributed by atoms with Crippen LogP contribution in [0.1, 0.15) is 22.2 Å². The van der Waals surface area contributed by atoms with Crippen LogP contribution in [0.3, 0.4) is 0 Å². The van der Waals surface area contributed by atoms with E-state index in [1.165, 1.54) is 11.3 Å². The van der Waals surface area contributed by atoms with Crippen molar-refractivity contribution in [3.05, 3.63) is 52.2 Å². The maximum atomic E-state index is 11.7. The molecule has 0 aliphatic carbocycles. The highest BCUT2D eigenvalue weighted by Gasteiger charge is 2.05. The van der Waals surface area contributed by atoms with Gasteiger partial charge in [0.1, 0.15) is 5.75 Å². The number of phenols is 1. The van der Waals surface area contributed by atoms with Gasteiger partial charge in [-0.05, 0) is 30.5 Å². The van der Waals surface area contributed by atoms with E-state index in [0.29, 0.717) is 10.6 Å². The van der Waals surface area contributed by atoms with Gasteiger partial charge in [0.15, 0.2) is 0 Å². The van der Waals surface area contributed by atoms with E-state index >= 15 is 0 Å². The number of carbonyl (C=O) groups is 1. The molecule has 0 unspecified atom stereocenters. The first kappa shape index (κ1) is 12.3. The SMILES string of the molecule is C/C(=N\NC(=O)c1cccs1)c1cccc(O)c1. The molecule has 2 N–H and O–H groups in total. The number of aromatic hydroxyl groups is 1. The first-order valence-electron chi connectivity index (χ1n) is 5.34. The third-order valence-electron chi connectivity index (χ3n) is 2.33. The zero-order chi connectivity index (χ0) is 13.0. The van der Waals surface area contributed by atoms with Gasteiger partial charge < -0.3 is 5.11 Å². The fraction of sp³-hybridized carbons (Fsp3) is 0.0769. The Balaban J connectivity index is 2.08. The van der Waals surface area contributed by atoms with Gasteiger partial charge in [-0.25, -0.2) is 5.43 Å². The summed E-state index contributed by atoms with van der Waals surface area (Å²) in [6.45, 7) is 1.77. The van der Waals surface area contributed by atoms with Gasteiger partial charge in [-0.15, -0.1) is 11.3 Å². The van der Waals surface area contributed by atoms with Gasteiger partial charge in [-0.1, -0.05) is 18.2 Å². The van der Waals surface area contributed by atoms with Crippen LogP contribution in [0, 0.1) is 0 Å². The molecule has 0 radical (unpaired) electrons. The zero-order valence-corrected chi connectivity index (χ0v) is 10.6. The van der Waals surface area contributed by atoms with E-state index in [-0.39, 0.29) is 11.7 Å². The third kappa shape index (κ3) is 2.95. The first-order chi connectivity index (χ1) is 8.66. The molecule has 0 bridgehead atoms. The minimum absolute atomic E-state index is 0.173. The lowest BCUT2D eigenvalue weighted by Crippen LogP contribution is -2.18. The van der Waals surface area contributed by atoms with E-state index in [9.17, 15) is 9.90 Å². The number of hydrazone groups is 1. The normalized spacial score (nSPS) is 11.3. The number of nitrogens with zero attached hydrogens (tertiary/aromatic N) is 1. The lowest BCUT2D eigenvalue weighted by Gasteiger charge is -2.02. The van der Waals surface area contributed by atoms with Crippen LogP contribution in [-0.4, -0.2) is 16.7 Å². The van der Waals surface area contributed by atoms with E-state index in [1.807, 2.05) is 17.5 Å². The highest BCUT2D eigenvalue weighted by molar-refractivity contribution is 7.12. The second-order valence-electron chi connectivity index (χ2n) is 3.67. The van der Waals surface area contributed by atoms with Crippen molar-refractivity contribution < 1.29 is 9.90 Å². The second kappa shape index (κ2) is 5.46. The molecule has 1 amide bonds. The Morgan fingerprint density at radius 2 is 2.17 bits per heavy atom. The van der Waals surface area contributed by atoms with Crippen molar-refractivity contribution in [3.63, 3.8) is 0 Å². The quantitative estimate of drug-likeness (QED) is 0.658. The summed E-state index contributed by atoms with van der Waals surface area (Å²) < 4.78 is 0. The fourth-order valence-corrected chi connectivity index (χ4v) is 2.01. The van der Waals surface area contributed by atoms with Crippen molar-refractivity contribution in [2.45, 2.75) is 6.92 Å². The summed E-state index contributed by atoms with van der Waals surface area (Å²) in [5.41, 5.74) is 3.88. The van der Waals surface area contributed by atoms with Crippen LogP contribution in [0.25, 0.3) is 0 Å². The lowest BCUT2D eigenvalue weighted by atomic mass is 10.1. The number of thiophene rings is 1. The van der Waals surface area contributed by atoms with Gasteiger partial charge in [-0.2, -0.15) is 5.10 Å². The molecular formula is C13H12N2O2S. The van der Waals surface area contributed by atoms with Gasteiger partial charge in [0, 0.05) is 5.56 Å². The maximum absolute atomic E-state index is 11.7. The van der Waals surface area contributed by atoms with Crippen molar-refractivity contribution >= 4 is 23.0 Å². The lowest BCUT2D eigenvalue weighted by molar-refractivity contribution is 0.0959. The van der Waals surface area contributed by atoms with Gasteiger partial charge in [0.2, 0.25) is 0 Å². The topological polar surface area (TPSA) is 61.7 Å². The van der Waals surface area contributed by atoms with E-state index < -0.39 is 0 Å². The summed E-state index contributed by atoms with van der Waals surface area (Å²) in [6, 6.07) is 10.3. The van der Waals surface area contributed by atoms with Gasteiger partial charge >= 0.3 is 0 Å². The molecule has 4 nitrogen and oxygen atoms in total. The average Bonchev–Trinajstić information content (AvgIpc) is 2.89. The van der Waals surface area contributed by atoms with Crippen molar-refractivity contribution in [1.82, 2.24) is 5.43 Å². The summed E-state index contributed by atoms with van der Waals surface area (Å²) in [5.74, 6) is -0.0591. The van der Waals surface area contributed by atoms with Gasteiger partial charge in [-0.3, -0.25) is 4.79 Å². The molecular weight excluding hydrogens is 248 g/mol. The number of carbonyl (C=O) groups excluding carboxylic acids is 1. The largest absolute Gasteiger partial charge is 0.508 e. The Morgan fingerprint density at radius 3 is 2.83 bits per heavy atom. The summed E-state index contributed by atoms with van der Waals surface area (Å²) in [7, 11) is 0. The van der Waals surface area contributed by atoms with Crippen molar-refractivity contribution in [2.75, 3.05) is 0 Å². The van der Waals surface area contributed by atoms with Gasteiger partial charge in [0.05, 0.1) is 10.6 Å². The average molecular weight is 260 g/mol. The highest BCUT2D eigenvalue weighted by Crippen LogP contribution is 2.12. The Morgan fingerprint density at radius 1 is 1.33 bits per heavy atom. The van der Waals surface area contributed by atoms with Crippen LogP contribution in [0.2, 0.25) is 0 Å². The molecule has 0 saturated carbocycles. The van der Waals surface area contributed by atoms with Crippen LogP contribution in [0.4, 0.5) is 0 Å². The molecule has 0 saturated heterocycles. The summed E-state index contributed by atoms with van der Waals surface area (Å²) in [4.78, 5) is 12.3.